The van der Waals surface area contributed by atoms with Crippen molar-refractivity contribution in [3.8, 4) is 0 Å². The molecule has 1 aromatic rings. The van der Waals surface area contributed by atoms with Gasteiger partial charge in [0.25, 0.3) is 0 Å². The van der Waals surface area contributed by atoms with Crippen molar-refractivity contribution in [3.63, 3.8) is 0 Å². The van der Waals surface area contributed by atoms with E-state index in [2.05, 4.69) is 0 Å². The van der Waals surface area contributed by atoms with Gasteiger partial charge in [-0.1, -0.05) is 23.2 Å². The zero-order valence-corrected chi connectivity index (χ0v) is 14.1. The summed E-state index contributed by atoms with van der Waals surface area (Å²) in [5.74, 6) is -4.65. The minimum absolute atomic E-state index is 0.384. The highest BCUT2D eigenvalue weighted by Gasteiger charge is 2.71. The van der Waals surface area contributed by atoms with E-state index in [1.807, 2.05) is 0 Å². The summed E-state index contributed by atoms with van der Waals surface area (Å²) in [4.78, 5) is 23.5. The highest BCUT2D eigenvalue weighted by atomic mass is 35.5. The van der Waals surface area contributed by atoms with Gasteiger partial charge >= 0.3 is 11.9 Å². The van der Waals surface area contributed by atoms with E-state index in [1.54, 1.807) is 18.2 Å². The molecule has 1 aromatic carbocycles. The third kappa shape index (κ3) is 2.93. The normalized spacial score (nSPS) is 34.9. The van der Waals surface area contributed by atoms with Crippen LogP contribution in [0.15, 0.2) is 23.1 Å². The minimum Gasteiger partial charge on any atom is -0.481 e. The van der Waals surface area contributed by atoms with Crippen LogP contribution in [0.1, 0.15) is 0 Å². The molecule has 6 atom stereocenters. The van der Waals surface area contributed by atoms with Crippen molar-refractivity contribution in [1.82, 2.24) is 0 Å². The number of halogens is 2. The van der Waals surface area contributed by atoms with Gasteiger partial charge in [0.05, 0.1) is 28.0 Å². The van der Waals surface area contributed by atoms with Gasteiger partial charge in [0, 0.05) is 22.5 Å². The predicted octanol–water partition coefficient (Wildman–Crippen LogP) is 2.72. The Morgan fingerprint density at radius 1 is 1.04 bits per heavy atom. The van der Waals surface area contributed by atoms with Gasteiger partial charge in [-0.05, 0) is 24.1 Å². The molecule has 0 bridgehead atoms. The van der Waals surface area contributed by atoms with E-state index in [1.165, 1.54) is 11.8 Å². The van der Waals surface area contributed by atoms with Crippen LogP contribution in [0, 0.1) is 29.6 Å². The first kappa shape index (κ1) is 16.9. The number of thioether (sulfide) groups is 1. The molecule has 23 heavy (non-hydrogen) atoms. The number of fused-ring (bicyclic) bond motifs is 1. The molecule has 0 amide bonds. The number of aliphatic carboxylic acids is 2. The summed E-state index contributed by atoms with van der Waals surface area (Å²) in [5.41, 5.74) is 0. The Kier molecular flexibility index (Phi) is 4.53. The smallest absolute Gasteiger partial charge is 0.307 e. The summed E-state index contributed by atoms with van der Waals surface area (Å²) < 4.78 is 0. The molecule has 0 aliphatic heterocycles. The number of hydrogen-bond acceptors (Lipinski definition) is 4. The molecular weight excluding hydrogens is 363 g/mol. The molecule has 8 heteroatoms. The van der Waals surface area contributed by atoms with E-state index in [0.29, 0.717) is 15.8 Å². The largest absolute Gasteiger partial charge is 0.481 e. The van der Waals surface area contributed by atoms with Crippen LogP contribution in [0.5, 0.6) is 0 Å². The minimum atomic E-state index is -1.04. The van der Waals surface area contributed by atoms with Crippen LogP contribution in [-0.2, 0) is 9.59 Å². The van der Waals surface area contributed by atoms with Gasteiger partial charge in [-0.15, -0.1) is 11.8 Å². The molecule has 2 aliphatic carbocycles. The van der Waals surface area contributed by atoms with Gasteiger partial charge in [0.1, 0.15) is 0 Å². The lowest BCUT2D eigenvalue weighted by molar-refractivity contribution is -0.146. The third-order valence-electron chi connectivity index (χ3n) is 4.75. The zero-order chi connectivity index (χ0) is 16.9. The Balaban J connectivity index is 1.71. The molecule has 0 aromatic heterocycles. The van der Waals surface area contributed by atoms with E-state index < -0.39 is 47.6 Å². The van der Waals surface area contributed by atoms with Gasteiger partial charge in [-0.2, -0.15) is 0 Å². The third-order valence-corrected chi connectivity index (χ3v) is 6.62. The quantitative estimate of drug-likeness (QED) is 0.683. The van der Waals surface area contributed by atoms with Crippen LogP contribution in [0.4, 0.5) is 0 Å². The van der Waals surface area contributed by atoms with Crippen molar-refractivity contribution in [3.05, 3.63) is 28.2 Å². The summed E-state index contributed by atoms with van der Waals surface area (Å²) in [6.07, 6.45) is -0.905. The fourth-order valence-electron chi connectivity index (χ4n) is 3.68. The van der Waals surface area contributed by atoms with Gasteiger partial charge in [0.15, 0.2) is 0 Å². The molecule has 2 saturated carbocycles. The lowest BCUT2D eigenvalue weighted by Gasteiger charge is -2.23. The van der Waals surface area contributed by atoms with Crippen molar-refractivity contribution in [1.29, 1.82) is 0 Å². The van der Waals surface area contributed by atoms with Crippen molar-refractivity contribution < 1.29 is 24.9 Å². The highest BCUT2D eigenvalue weighted by Crippen LogP contribution is 2.63. The molecule has 6 unspecified atom stereocenters. The Morgan fingerprint density at radius 3 is 2.26 bits per heavy atom. The Hall–Kier alpha value is -0.950. The number of aliphatic hydroxyl groups excluding tert-OH is 1. The zero-order valence-electron chi connectivity index (χ0n) is 11.7. The van der Waals surface area contributed by atoms with Gasteiger partial charge in [-0.3, -0.25) is 9.59 Å². The highest BCUT2D eigenvalue weighted by molar-refractivity contribution is 7.99. The summed E-state index contributed by atoms with van der Waals surface area (Å²) in [7, 11) is 0. The van der Waals surface area contributed by atoms with Crippen molar-refractivity contribution in [2.24, 2.45) is 29.6 Å². The Bertz CT molecular complexity index is 667. The average molecular weight is 377 g/mol. The maximum absolute atomic E-state index is 11.5. The van der Waals surface area contributed by atoms with E-state index in [-0.39, 0.29) is 0 Å². The monoisotopic (exact) mass is 376 g/mol. The Morgan fingerprint density at radius 2 is 1.70 bits per heavy atom. The van der Waals surface area contributed by atoms with Crippen molar-refractivity contribution >= 4 is 46.9 Å². The maximum atomic E-state index is 11.5. The van der Waals surface area contributed by atoms with Crippen LogP contribution in [-0.4, -0.2) is 39.1 Å². The fraction of sp³-hybridized carbons (Fsp3) is 0.467. The standard InChI is InChI=1S/C15H14Cl2O5S/c16-7-2-1-5(3-8(7)17)23-4-6-9(14(19)20)10-11(13(6)18)12(10)15(21)22/h1-3,6,9-13,18H,4H2,(H,19,20)(H,21,22). The van der Waals surface area contributed by atoms with Crippen molar-refractivity contribution in [2.45, 2.75) is 11.0 Å². The molecular formula is C15H14Cl2O5S. The second-order valence-corrected chi connectivity index (χ2v) is 7.83. The molecule has 3 N–H and O–H groups in total. The number of benzene rings is 1. The molecule has 2 fully saturated rings. The first-order valence-electron chi connectivity index (χ1n) is 7.04. The first-order valence-corrected chi connectivity index (χ1v) is 8.78. The van der Waals surface area contributed by atoms with Gasteiger partial charge in [0.2, 0.25) is 0 Å². The summed E-state index contributed by atoms with van der Waals surface area (Å²) in [5, 5.41) is 29.7. The van der Waals surface area contributed by atoms with Crippen LogP contribution in [0.25, 0.3) is 0 Å². The van der Waals surface area contributed by atoms with E-state index in [9.17, 15) is 19.8 Å². The van der Waals surface area contributed by atoms with Gasteiger partial charge in [-0.25, -0.2) is 0 Å². The maximum Gasteiger partial charge on any atom is 0.307 e. The Labute approximate surface area is 146 Å². The number of aliphatic hydroxyl groups is 1. The summed E-state index contributed by atoms with van der Waals surface area (Å²) in [6, 6.07) is 5.12. The predicted molar refractivity (Wildman–Crippen MR) is 85.9 cm³/mol. The van der Waals surface area contributed by atoms with E-state index in [0.717, 1.165) is 4.90 Å². The van der Waals surface area contributed by atoms with Crippen LogP contribution < -0.4 is 0 Å². The van der Waals surface area contributed by atoms with Crippen molar-refractivity contribution in [2.75, 3.05) is 5.75 Å². The number of carboxylic acid groups (broad SMARTS) is 2. The number of hydrogen-bond donors (Lipinski definition) is 3. The lowest BCUT2D eigenvalue weighted by Crippen LogP contribution is -2.34. The second kappa shape index (κ2) is 6.16. The molecule has 0 spiro atoms. The number of rotatable bonds is 5. The average Bonchev–Trinajstić information content (AvgIpc) is 3.14. The molecule has 0 saturated heterocycles. The molecule has 0 radical (unpaired) electrons. The van der Waals surface area contributed by atoms with Crippen LogP contribution >= 0.6 is 35.0 Å². The van der Waals surface area contributed by atoms with Gasteiger partial charge < -0.3 is 15.3 Å². The number of carboxylic acids is 2. The molecule has 3 rings (SSSR count). The molecule has 124 valence electrons. The van der Waals surface area contributed by atoms with Crippen LogP contribution in [0.2, 0.25) is 10.0 Å². The summed E-state index contributed by atoms with van der Waals surface area (Å²) >= 11 is 13.2. The van der Waals surface area contributed by atoms with Crippen LogP contribution in [0.3, 0.4) is 0 Å². The fourth-order valence-corrected chi connectivity index (χ4v) is 5.20. The van der Waals surface area contributed by atoms with E-state index in [4.69, 9.17) is 28.3 Å². The van der Waals surface area contributed by atoms with E-state index >= 15 is 0 Å². The summed E-state index contributed by atoms with van der Waals surface area (Å²) in [6.45, 7) is 0. The molecule has 5 nitrogen and oxygen atoms in total. The topological polar surface area (TPSA) is 94.8 Å². The first-order chi connectivity index (χ1) is 10.8. The molecule has 2 aliphatic rings. The SMILES string of the molecule is O=C(O)C1C(CSc2ccc(Cl)c(Cl)c2)C(O)C2C(C(=O)O)C12. The molecule has 0 heterocycles. The second-order valence-electron chi connectivity index (χ2n) is 5.92. The number of carbonyl (C=O) groups is 2. The lowest BCUT2D eigenvalue weighted by atomic mass is 9.88.